The summed E-state index contributed by atoms with van der Waals surface area (Å²) in [6.45, 7) is 1.69. The number of amides is 4. The van der Waals surface area contributed by atoms with Gasteiger partial charge in [-0.1, -0.05) is 37.3 Å². The van der Waals surface area contributed by atoms with Crippen LogP contribution in [0.3, 0.4) is 0 Å². The highest BCUT2D eigenvalue weighted by atomic mass is 16.2. The fourth-order valence-electron chi connectivity index (χ4n) is 2.19. The molecule has 1 aromatic carbocycles. The van der Waals surface area contributed by atoms with Crippen LogP contribution in [0.4, 0.5) is 4.79 Å². The predicted octanol–water partition coefficient (Wildman–Crippen LogP) is 0.253. The van der Waals surface area contributed by atoms with Crippen LogP contribution in [0.5, 0.6) is 0 Å². The molecule has 0 unspecified atom stereocenters. The van der Waals surface area contributed by atoms with E-state index in [2.05, 4.69) is 16.1 Å². The summed E-state index contributed by atoms with van der Waals surface area (Å²) >= 11 is 0. The number of nitrogens with one attached hydrogen (secondary N) is 3. The third kappa shape index (κ3) is 2.63. The van der Waals surface area contributed by atoms with Crippen molar-refractivity contribution >= 4 is 23.5 Å². The Hall–Kier alpha value is -2.67. The number of carbonyl (C=O) groups excluding carboxylic acids is 3. The number of hydrogen-bond donors (Lipinski definition) is 4. The van der Waals surface area contributed by atoms with Crippen LogP contribution >= 0.6 is 0 Å². The maximum absolute atomic E-state index is 12.1. The minimum Gasteiger partial charge on any atom is -0.324 e. The second-order valence-electron chi connectivity index (χ2n) is 4.63. The van der Waals surface area contributed by atoms with Gasteiger partial charge >= 0.3 is 6.03 Å². The first-order valence-corrected chi connectivity index (χ1v) is 6.45. The first-order valence-electron chi connectivity index (χ1n) is 6.45. The Balaban J connectivity index is 2.49. The molecule has 1 aliphatic rings. The highest BCUT2D eigenvalue weighted by Gasteiger charge is 2.47. The van der Waals surface area contributed by atoms with E-state index in [1.165, 1.54) is 6.08 Å². The molecular weight excluding hydrogens is 272 g/mol. The van der Waals surface area contributed by atoms with E-state index >= 15 is 0 Å². The molecule has 2 rings (SSSR count). The molecular formula is C14H16N4O3. The molecule has 1 aromatic rings. The maximum atomic E-state index is 12.1. The lowest BCUT2D eigenvalue weighted by Gasteiger charge is -2.31. The number of hydrazine groups is 1. The molecule has 0 bridgehead atoms. The Morgan fingerprint density at radius 2 is 1.76 bits per heavy atom. The molecule has 0 spiro atoms. The number of carbonyl (C=O) groups is 3. The highest BCUT2D eigenvalue weighted by Crippen LogP contribution is 2.30. The summed E-state index contributed by atoms with van der Waals surface area (Å²) in [5.74, 6) is 4.18. The zero-order chi connectivity index (χ0) is 15.5. The zero-order valence-electron chi connectivity index (χ0n) is 11.5. The molecule has 0 aliphatic carbocycles. The Labute approximate surface area is 121 Å². The Morgan fingerprint density at radius 3 is 2.24 bits per heavy atom. The second kappa shape index (κ2) is 5.76. The van der Waals surface area contributed by atoms with Crippen molar-refractivity contribution in [2.75, 3.05) is 0 Å². The summed E-state index contributed by atoms with van der Waals surface area (Å²) in [6.07, 6.45) is 1.63. The third-order valence-corrected chi connectivity index (χ3v) is 3.45. The van der Waals surface area contributed by atoms with Crippen LogP contribution < -0.4 is 21.9 Å². The zero-order valence-corrected chi connectivity index (χ0v) is 11.5. The second-order valence-corrected chi connectivity index (χ2v) is 4.63. The molecule has 0 atom stereocenters. The van der Waals surface area contributed by atoms with Crippen LogP contribution in [-0.2, 0) is 9.59 Å². The lowest BCUT2D eigenvalue weighted by atomic mass is 9.80. The first kappa shape index (κ1) is 14.7. The van der Waals surface area contributed by atoms with Crippen LogP contribution in [0.25, 0.3) is 5.70 Å². The SMILES string of the molecule is CCC1(/C=C(\NN)c2ccccc2)C(=O)NC(=O)NC1=O. The molecule has 7 heteroatoms. The number of barbiturate groups is 1. The van der Waals surface area contributed by atoms with Crippen molar-refractivity contribution in [3.05, 3.63) is 42.0 Å². The molecule has 1 saturated heterocycles. The summed E-state index contributed by atoms with van der Waals surface area (Å²) in [4.78, 5) is 35.5. The van der Waals surface area contributed by atoms with Gasteiger partial charge in [0.2, 0.25) is 11.8 Å². The summed E-state index contributed by atoms with van der Waals surface area (Å²) < 4.78 is 0. The fourth-order valence-corrected chi connectivity index (χ4v) is 2.19. The number of urea groups is 1. The molecule has 110 valence electrons. The van der Waals surface area contributed by atoms with Gasteiger partial charge in [0.05, 0.1) is 5.70 Å². The number of hydrogen-bond acceptors (Lipinski definition) is 5. The van der Waals surface area contributed by atoms with Gasteiger partial charge in [-0.25, -0.2) is 4.79 Å². The number of nitrogens with two attached hydrogens (primary N) is 1. The van der Waals surface area contributed by atoms with Crippen molar-refractivity contribution in [1.82, 2.24) is 16.1 Å². The lowest BCUT2D eigenvalue weighted by Crippen LogP contribution is -2.61. The minimum atomic E-state index is -1.48. The van der Waals surface area contributed by atoms with Gasteiger partial charge in [-0.3, -0.25) is 26.1 Å². The van der Waals surface area contributed by atoms with Gasteiger partial charge in [-0.15, -0.1) is 0 Å². The van der Waals surface area contributed by atoms with Gasteiger partial charge in [-0.2, -0.15) is 0 Å². The van der Waals surface area contributed by atoms with E-state index in [4.69, 9.17) is 5.84 Å². The summed E-state index contributed by atoms with van der Waals surface area (Å²) in [6, 6.07) is 8.22. The van der Waals surface area contributed by atoms with Crippen molar-refractivity contribution in [2.24, 2.45) is 11.3 Å². The van der Waals surface area contributed by atoms with Crippen LogP contribution in [-0.4, -0.2) is 17.8 Å². The van der Waals surface area contributed by atoms with Gasteiger partial charge in [-0.05, 0) is 18.1 Å². The monoisotopic (exact) mass is 288 g/mol. The van der Waals surface area contributed by atoms with E-state index in [0.717, 1.165) is 5.56 Å². The smallest absolute Gasteiger partial charge is 0.324 e. The normalized spacial score (nSPS) is 18.0. The highest BCUT2D eigenvalue weighted by molar-refractivity contribution is 6.20. The molecule has 0 aromatic heterocycles. The molecule has 0 saturated carbocycles. The van der Waals surface area contributed by atoms with Crippen LogP contribution in [0, 0.1) is 5.41 Å². The first-order chi connectivity index (χ1) is 10.0. The minimum absolute atomic E-state index is 0.190. The largest absolute Gasteiger partial charge is 0.328 e. The van der Waals surface area contributed by atoms with Gasteiger partial charge in [0.1, 0.15) is 5.41 Å². The van der Waals surface area contributed by atoms with Gasteiger partial charge < -0.3 is 5.43 Å². The van der Waals surface area contributed by atoms with Crippen molar-refractivity contribution in [3.8, 4) is 0 Å². The van der Waals surface area contributed by atoms with Crippen molar-refractivity contribution in [1.29, 1.82) is 0 Å². The summed E-state index contributed by atoms with van der Waals surface area (Å²) in [7, 11) is 0. The van der Waals surface area contributed by atoms with E-state index in [-0.39, 0.29) is 6.42 Å². The van der Waals surface area contributed by atoms with Crippen molar-refractivity contribution < 1.29 is 14.4 Å². The number of benzene rings is 1. The molecule has 0 radical (unpaired) electrons. The van der Waals surface area contributed by atoms with E-state index in [9.17, 15) is 14.4 Å². The van der Waals surface area contributed by atoms with Crippen LogP contribution in [0.15, 0.2) is 36.4 Å². The molecule has 1 heterocycles. The van der Waals surface area contributed by atoms with Crippen molar-refractivity contribution in [3.63, 3.8) is 0 Å². The molecule has 7 nitrogen and oxygen atoms in total. The number of imide groups is 2. The topological polar surface area (TPSA) is 113 Å². The van der Waals surface area contributed by atoms with Crippen LogP contribution in [0.1, 0.15) is 18.9 Å². The molecule has 21 heavy (non-hydrogen) atoms. The maximum Gasteiger partial charge on any atom is 0.328 e. The van der Waals surface area contributed by atoms with E-state index < -0.39 is 23.3 Å². The molecule has 1 aliphatic heterocycles. The average Bonchev–Trinajstić information content (AvgIpc) is 2.48. The van der Waals surface area contributed by atoms with E-state index in [0.29, 0.717) is 5.70 Å². The van der Waals surface area contributed by atoms with Gasteiger partial charge in [0.15, 0.2) is 0 Å². The molecule has 1 fully saturated rings. The van der Waals surface area contributed by atoms with E-state index in [1.54, 1.807) is 19.1 Å². The Bertz CT molecular complexity index is 590. The Kier molecular flexibility index (Phi) is 4.04. The Morgan fingerprint density at radius 1 is 1.19 bits per heavy atom. The number of rotatable bonds is 4. The predicted molar refractivity (Wildman–Crippen MR) is 76.1 cm³/mol. The standard InChI is InChI=1S/C14H16N4O3/c1-2-14(11(19)16-13(21)17-12(14)20)8-10(18-15)9-6-4-3-5-7-9/h3-8,18H,2,15H2,1H3,(H2,16,17,19,20,21)/b10-8-. The van der Waals surface area contributed by atoms with Gasteiger partial charge in [0.25, 0.3) is 0 Å². The fraction of sp³-hybridized carbons (Fsp3) is 0.214. The molecule has 5 N–H and O–H groups in total. The molecule has 4 amide bonds. The van der Waals surface area contributed by atoms with Crippen LogP contribution in [0.2, 0.25) is 0 Å². The summed E-state index contributed by atoms with van der Waals surface area (Å²) in [5, 5.41) is 4.22. The third-order valence-electron chi connectivity index (χ3n) is 3.45. The van der Waals surface area contributed by atoms with E-state index in [1.807, 2.05) is 18.2 Å². The quantitative estimate of drug-likeness (QED) is 0.360. The summed E-state index contributed by atoms with van der Waals surface area (Å²) in [5.41, 5.74) is 2.17. The average molecular weight is 288 g/mol. The lowest BCUT2D eigenvalue weighted by molar-refractivity contribution is -0.141. The van der Waals surface area contributed by atoms with Crippen molar-refractivity contribution in [2.45, 2.75) is 13.3 Å². The van der Waals surface area contributed by atoms with Gasteiger partial charge in [0, 0.05) is 0 Å².